The molecular weight excluding hydrogens is 378 g/mol. The number of benzene rings is 1. The zero-order valence-electron chi connectivity index (χ0n) is 12.5. The van der Waals surface area contributed by atoms with E-state index in [1.165, 1.54) is 6.07 Å². The molecule has 0 radical (unpaired) electrons. The molecule has 4 nitrogen and oxygen atoms in total. The maximum Gasteiger partial charge on any atom is 0.262 e. The van der Waals surface area contributed by atoms with E-state index in [0.29, 0.717) is 16.6 Å². The molecule has 0 aliphatic carbocycles. The Bertz CT molecular complexity index is 656. The van der Waals surface area contributed by atoms with Crippen molar-refractivity contribution in [1.29, 1.82) is 0 Å². The Morgan fingerprint density at radius 2 is 1.95 bits per heavy atom. The van der Waals surface area contributed by atoms with E-state index in [0.717, 1.165) is 6.42 Å². The second kappa shape index (κ2) is 6.67. The molecule has 0 aliphatic heterocycles. The van der Waals surface area contributed by atoms with Crippen LogP contribution in [0, 0.1) is 12.3 Å². The largest absolute Gasteiger partial charge is 0.352 e. The van der Waals surface area contributed by atoms with Crippen LogP contribution in [0.4, 0.5) is 0 Å². The molecule has 1 amide bonds. The molecule has 1 aromatic rings. The fourth-order valence-corrected chi connectivity index (χ4v) is 3.75. The van der Waals surface area contributed by atoms with Gasteiger partial charge in [-0.15, -0.1) is 0 Å². The number of halogens is 2. The summed E-state index contributed by atoms with van der Waals surface area (Å²) < 4.78 is 23.5. The summed E-state index contributed by atoms with van der Waals surface area (Å²) in [5, 5.41) is 2.82. The average Bonchev–Trinajstić information content (AvgIpc) is 2.37. The minimum absolute atomic E-state index is 0.0124. The van der Waals surface area contributed by atoms with Crippen molar-refractivity contribution < 1.29 is 13.2 Å². The van der Waals surface area contributed by atoms with Gasteiger partial charge >= 0.3 is 0 Å². The zero-order valence-corrected chi connectivity index (χ0v) is 15.6. The lowest BCUT2D eigenvalue weighted by atomic mass is 9.90. The summed E-state index contributed by atoms with van der Waals surface area (Å²) in [5.74, 6) is -0.311. The third kappa shape index (κ3) is 4.97. The molecule has 118 valence electrons. The van der Waals surface area contributed by atoms with Crippen LogP contribution in [0.2, 0.25) is 0 Å². The molecule has 1 aromatic carbocycles. The number of hydrogen-bond acceptors (Lipinski definition) is 3. The van der Waals surface area contributed by atoms with Gasteiger partial charge in [0.1, 0.15) is 0 Å². The van der Waals surface area contributed by atoms with E-state index in [-0.39, 0.29) is 21.8 Å². The van der Waals surface area contributed by atoms with Crippen LogP contribution in [0.1, 0.15) is 43.1 Å². The van der Waals surface area contributed by atoms with Gasteiger partial charge in [0.2, 0.25) is 0 Å². The Hall–Kier alpha value is -0.590. The fourth-order valence-electron chi connectivity index (χ4n) is 1.59. The normalized spacial score (nSPS) is 12.3. The summed E-state index contributed by atoms with van der Waals surface area (Å²) in [6.45, 7) is 8.38. The van der Waals surface area contributed by atoms with Gasteiger partial charge in [0.25, 0.3) is 15.0 Å². The molecule has 0 heterocycles. The van der Waals surface area contributed by atoms with E-state index in [1.54, 1.807) is 13.0 Å². The van der Waals surface area contributed by atoms with Gasteiger partial charge in [-0.3, -0.25) is 4.79 Å². The van der Waals surface area contributed by atoms with Crippen molar-refractivity contribution >= 4 is 41.6 Å². The molecule has 21 heavy (non-hydrogen) atoms. The highest BCUT2D eigenvalue weighted by Crippen LogP contribution is 2.29. The highest BCUT2D eigenvalue weighted by atomic mass is 79.9. The van der Waals surface area contributed by atoms with E-state index < -0.39 is 9.05 Å². The van der Waals surface area contributed by atoms with E-state index >= 15 is 0 Å². The second-order valence-corrected chi connectivity index (χ2v) is 9.07. The highest BCUT2D eigenvalue weighted by molar-refractivity contribution is 9.10. The Kier molecular flexibility index (Phi) is 5.86. The lowest BCUT2D eigenvalue weighted by Crippen LogP contribution is -2.33. The first kappa shape index (κ1) is 18.5. The van der Waals surface area contributed by atoms with Crippen molar-refractivity contribution in [2.75, 3.05) is 6.54 Å². The van der Waals surface area contributed by atoms with Crippen LogP contribution in [0.15, 0.2) is 21.5 Å². The average molecular weight is 397 g/mol. The van der Waals surface area contributed by atoms with Crippen LogP contribution in [0.5, 0.6) is 0 Å². The molecule has 0 saturated heterocycles. The minimum Gasteiger partial charge on any atom is -0.352 e. The van der Waals surface area contributed by atoms with Gasteiger partial charge in [0, 0.05) is 27.3 Å². The van der Waals surface area contributed by atoms with Gasteiger partial charge in [0.15, 0.2) is 0 Å². The minimum atomic E-state index is -3.91. The van der Waals surface area contributed by atoms with Crippen molar-refractivity contribution in [3.8, 4) is 0 Å². The number of carbonyl (C=O) groups is 1. The molecule has 0 atom stereocenters. The number of rotatable bonds is 5. The lowest BCUT2D eigenvalue weighted by Gasteiger charge is -2.23. The van der Waals surface area contributed by atoms with Crippen LogP contribution in [-0.4, -0.2) is 20.9 Å². The van der Waals surface area contributed by atoms with Crippen molar-refractivity contribution in [3.63, 3.8) is 0 Å². The topological polar surface area (TPSA) is 63.2 Å². The predicted octanol–water partition coefficient (Wildman–Crippen LogP) is 3.85. The zero-order chi connectivity index (χ0) is 16.4. The Balaban J connectivity index is 3.10. The SMILES string of the molecule is CCC(C)(C)CNC(=O)c1cc(C)c(Br)c(S(=O)(=O)Cl)c1. The first-order valence-corrected chi connectivity index (χ1v) is 9.61. The number of amides is 1. The van der Waals surface area contributed by atoms with E-state index in [1.807, 2.05) is 6.92 Å². The van der Waals surface area contributed by atoms with Crippen LogP contribution in [-0.2, 0) is 9.05 Å². The molecule has 0 bridgehead atoms. The van der Waals surface area contributed by atoms with Gasteiger partial charge in [-0.1, -0.05) is 20.8 Å². The molecule has 0 fully saturated rings. The molecule has 1 rings (SSSR count). The first-order valence-electron chi connectivity index (χ1n) is 6.51. The first-order chi connectivity index (χ1) is 9.48. The standard InChI is InChI=1S/C14H19BrClNO3S/c1-5-14(3,4)8-17-13(18)10-6-9(2)12(15)11(7-10)21(16,19)20/h6-7H,5,8H2,1-4H3,(H,17,18). The van der Waals surface area contributed by atoms with Crippen LogP contribution >= 0.6 is 26.6 Å². The molecule has 7 heteroatoms. The fraction of sp³-hybridized carbons (Fsp3) is 0.500. The predicted molar refractivity (Wildman–Crippen MR) is 88.3 cm³/mol. The number of nitrogens with one attached hydrogen (secondary N) is 1. The van der Waals surface area contributed by atoms with Gasteiger partial charge < -0.3 is 5.32 Å². The number of carbonyl (C=O) groups excluding carboxylic acids is 1. The number of aryl methyl sites for hydroxylation is 1. The molecule has 0 aliphatic rings. The van der Waals surface area contributed by atoms with Crippen molar-refractivity contribution in [1.82, 2.24) is 5.32 Å². The quantitative estimate of drug-likeness (QED) is 0.769. The lowest BCUT2D eigenvalue weighted by molar-refractivity contribution is 0.0935. The van der Waals surface area contributed by atoms with Crippen LogP contribution in [0.25, 0.3) is 0 Å². The maximum atomic E-state index is 12.2. The molecule has 0 saturated carbocycles. The highest BCUT2D eigenvalue weighted by Gasteiger charge is 2.21. The summed E-state index contributed by atoms with van der Waals surface area (Å²) >= 11 is 3.19. The molecular formula is C14H19BrClNO3S. The Morgan fingerprint density at radius 1 is 1.38 bits per heavy atom. The van der Waals surface area contributed by atoms with E-state index in [4.69, 9.17) is 10.7 Å². The maximum absolute atomic E-state index is 12.2. The van der Waals surface area contributed by atoms with Crippen LogP contribution < -0.4 is 5.32 Å². The summed E-state index contributed by atoms with van der Waals surface area (Å²) in [7, 11) is 1.48. The van der Waals surface area contributed by atoms with Gasteiger partial charge in [-0.2, -0.15) is 0 Å². The van der Waals surface area contributed by atoms with Gasteiger partial charge in [0.05, 0.1) is 4.90 Å². The van der Waals surface area contributed by atoms with E-state index in [9.17, 15) is 13.2 Å². The van der Waals surface area contributed by atoms with E-state index in [2.05, 4.69) is 35.1 Å². The van der Waals surface area contributed by atoms with Crippen molar-refractivity contribution in [2.45, 2.75) is 39.0 Å². The second-order valence-electron chi connectivity index (χ2n) is 5.74. The Labute approximate surface area is 138 Å². The molecule has 0 spiro atoms. The smallest absolute Gasteiger partial charge is 0.262 e. The summed E-state index contributed by atoms with van der Waals surface area (Å²) in [4.78, 5) is 12.1. The van der Waals surface area contributed by atoms with Crippen molar-refractivity contribution in [2.24, 2.45) is 5.41 Å². The van der Waals surface area contributed by atoms with Gasteiger partial charge in [-0.25, -0.2) is 8.42 Å². The van der Waals surface area contributed by atoms with Crippen molar-refractivity contribution in [3.05, 3.63) is 27.7 Å². The third-order valence-corrected chi connectivity index (χ3v) is 6.09. The molecule has 1 N–H and O–H groups in total. The Morgan fingerprint density at radius 3 is 2.43 bits per heavy atom. The van der Waals surface area contributed by atoms with Gasteiger partial charge in [-0.05, 0) is 52.4 Å². The summed E-state index contributed by atoms with van der Waals surface area (Å²) in [6, 6.07) is 2.91. The monoisotopic (exact) mass is 395 g/mol. The number of hydrogen-bond donors (Lipinski definition) is 1. The molecule has 0 unspecified atom stereocenters. The third-order valence-electron chi connectivity index (χ3n) is 3.43. The molecule has 0 aromatic heterocycles. The summed E-state index contributed by atoms with van der Waals surface area (Å²) in [5.41, 5.74) is 0.903. The summed E-state index contributed by atoms with van der Waals surface area (Å²) in [6.07, 6.45) is 0.925. The van der Waals surface area contributed by atoms with Crippen LogP contribution in [0.3, 0.4) is 0 Å².